The van der Waals surface area contributed by atoms with Crippen molar-refractivity contribution in [3.63, 3.8) is 0 Å². The molecule has 1 amide bonds. The van der Waals surface area contributed by atoms with Crippen molar-refractivity contribution in [3.05, 3.63) is 53.6 Å². The molecular formula is C20H23NO4. The van der Waals surface area contributed by atoms with Crippen molar-refractivity contribution in [2.45, 2.75) is 19.9 Å². The first-order valence-corrected chi connectivity index (χ1v) is 8.49. The van der Waals surface area contributed by atoms with Crippen LogP contribution in [0.2, 0.25) is 0 Å². The lowest BCUT2D eigenvalue weighted by atomic mass is 9.95. The number of para-hydroxylation sites is 1. The molecule has 0 aromatic heterocycles. The monoisotopic (exact) mass is 341 g/mol. The summed E-state index contributed by atoms with van der Waals surface area (Å²) in [5, 5.41) is 3.00. The van der Waals surface area contributed by atoms with Gasteiger partial charge in [0.1, 0.15) is 23.9 Å². The summed E-state index contributed by atoms with van der Waals surface area (Å²) in [5.74, 6) is 2.18. The maximum atomic E-state index is 12.5. The summed E-state index contributed by atoms with van der Waals surface area (Å²) in [4.78, 5) is 12.5. The van der Waals surface area contributed by atoms with Gasteiger partial charge in [0.25, 0.3) is 0 Å². The average molecular weight is 341 g/mol. The largest absolute Gasteiger partial charge is 0.497 e. The molecule has 0 bridgehead atoms. The number of amides is 1. The Morgan fingerprint density at radius 3 is 2.92 bits per heavy atom. The van der Waals surface area contributed by atoms with E-state index in [2.05, 4.69) is 5.32 Å². The number of hydrogen-bond donors (Lipinski definition) is 1. The third-order valence-electron chi connectivity index (χ3n) is 4.27. The van der Waals surface area contributed by atoms with E-state index in [0.717, 1.165) is 28.4 Å². The summed E-state index contributed by atoms with van der Waals surface area (Å²) in [6.07, 6.45) is 0.644. The molecule has 1 aliphatic rings. The molecule has 1 heterocycles. The molecule has 3 rings (SSSR count). The minimum absolute atomic E-state index is 0.0141. The molecule has 0 unspecified atom stereocenters. The Hall–Kier alpha value is -2.69. The van der Waals surface area contributed by atoms with Crippen LogP contribution < -0.4 is 19.5 Å². The number of nitrogens with one attached hydrogen (secondary N) is 1. The number of fused-ring (bicyclic) bond motifs is 1. The van der Waals surface area contributed by atoms with Crippen LogP contribution in [-0.4, -0.2) is 26.2 Å². The predicted octanol–water partition coefficient (Wildman–Crippen LogP) is 2.96. The normalized spacial score (nSPS) is 15.7. The fourth-order valence-electron chi connectivity index (χ4n) is 2.94. The Morgan fingerprint density at radius 2 is 2.12 bits per heavy atom. The Morgan fingerprint density at radius 1 is 1.28 bits per heavy atom. The lowest BCUT2D eigenvalue weighted by Crippen LogP contribution is -2.37. The van der Waals surface area contributed by atoms with Crippen molar-refractivity contribution < 1.29 is 19.0 Å². The minimum Gasteiger partial charge on any atom is -0.497 e. The summed E-state index contributed by atoms with van der Waals surface area (Å²) in [6.45, 7) is 3.37. The molecule has 132 valence electrons. The van der Waals surface area contributed by atoms with Crippen LogP contribution in [0.15, 0.2) is 42.5 Å². The second-order valence-electron chi connectivity index (χ2n) is 5.94. The first kappa shape index (κ1) is 17.1. The van der Waals surface area contributed by atoms with Crippen LogP contribution in [0.3, 0.4) is 0 Å². The molecule has 0 saturated heterocycles. The molecule has 25 heavy (non-hydrogen) atoms. The van der Waals surface area contributed by atoms with Gasteiger partial charge in [-0.05, 0) is 43.2 Å². The molecule has 1 atom stereocenters. The molecule has 2 aromatic rings. The number of carbonyl (C=O) groups is 1. The van der Waals surface area contributed by atoms with Crippen LogP contribution in [0.25, 0.3) is 0 Å². The summed E-state index contributed by atoms with van der Waals surface area (Å²) in [6, 6.07) is 13.4. The fraction of sp³-hybridized carbons (Fsp3) is 0.350. The van der Waals surface area contributed by atoms with E-state index in [1.807, 2.05) is 49.4 Å². The first-order chi connectivity index (χ1) is 12.2. The van der Waals surface area contributed by atoms with Crippen LogP contribution in [-0.2, 0) is 17.8 Å². The molecular weight excluding hydrogens is 318 g/mol. The Labute approximate surface area is 147 Å². The predicted molar refractivity (Wildman–Crippen MR) is 95.1 cm³/mol. The molecule has 2 aromatic carbocycles. The Bertz CT molecular complexity index is 744. The van der Waals surface area contributed by atoms with Crippen molar-refractivity contribution in [3.8, 4) is 17.2 Å². The zero-order valence-corrected chi connectivity index (χ0v) is 14.6. The number of carbonyl (C=O) groups excluding carboxylic acids is 1. The highest BCUT2D eigenvalue weighted by Crippen LogP contribution is 2.30. The van der Waals surface area contributed by atoms with Gasteiger partial charge in [-0.1, -0.05) is 18.2 Å². The lowest BCUT2D eigenvalue weighted by molar-refractivity contribution is -0.126. The van der Waals surface area contributed by atoms with E-state index in [1.165, 1.54) is 0 Å². The summed E-state index contributed by atoms with van der Waals surface area (Å²) >= 11 is 0. The topological polar surface area (TPSA) is 56.8 Å². The molecule has 5 nitrogen and oxygen atoms in total. The summed E-state index contributed by atoms with van der Waals surface area (Å²) < 4.78 is 16.6. The number of methoxy groups -OCH3 is 1. The lowest BCUT2D eigenvalue weighted by Gasteiger charge is -2.25. The molecule has 0 fully saturated rings. The van der Waals surface area contributed by atoms with Crippen LogP contribution in [0.5, 0.6) is 17.2 Å². The number of benzene rings is 2. The SMILES string of the molecule is CCOc1ccccc1CNC(=O)[C@H]1COc2ccc(OC)cc2C1. The fourth-order valence-corrected chi connectivity index (χ4v) is 2.94. The average Bonchev–Trinajstić information content (AvgIpc) is 2.66. The van der Waals surface area contributed by atoms with E-state index < -0.39 is 0 Å². The first-order valence-electron chi connectivity index (χ1n) is 8.49. The van der Waals surface area contributed by atoms with E-state index in [9.17, 15) is 4.79 Å². The van der Waals surface area contributed by atoms with Crippen molar-refractivity contribution in [2.75, 3.05) is 20.3 Å². The highest BCUT2D eigenvalue weighted by atomic mass is 16.5. The van der Waals surface area contributed by atoms with E-state index in [0.29, 0.717) is 26.2 Å². The van der Waals surface area contributed by atoms with Gasteiger partial charge in [-0.15, -0.1) is 0 Å². The smallest absolute Gasteiger partial charge is 0.227 e. The summed E-state index contributed by atoms with van der Waals surface area (Å²) in [5.41, 5.74) is 1.97. The van der Waals surface area contributed by atoms with Gasteiger partial charge in [0, 0.05) is 12.1 Å². The zero-order chi connectivity index (χ0) is 17.6. The van der Waals surface area contributed by atoms with Gasteiger partial charge in [-0.25, -0.2) is 0 Å². The van der Waals surface area contributed by atoms with Crippen molar-refractivity contribution in [1.29, 1.82) is 0 Å². The molecule has 1 aliphatic heterocycles. The third kappa shape index (κ3) is 4.05. The molecule has 0 saturated carbocycles. The van der Waals surface area contributed by atoms with E-state index in [4.69, 9.17) is 14.2 Å². The number of rotatable bonds is 6. The van der Waals surface area contributed by atoms with Gasteiger partial charge in [-0.3, -0.25) is 4.79 Å². The van der Waals surface area contributed by atoms with Crippen LogP contribution in [0.4, 0.5) is 0 Å². The van der Waals surface area contributed by atoms with Crippen LogP contribution in [0.1, 0.15) is 18.1 Å². The zero-order valence-electron chi connectivity index (χ0n) is 14.6. The number of ether oxygens (including phenoxy) is 3. The van der Waals surface area contributed by atoms with Crippen LogP contribution >= 0.6 is 0 Å². The van der Waals surface area contributed by atoms with E-state index in [1.54, 1.807) is 7.11 Å². The van der Waals surface area contributed by atoms with Gasteiger partial charge in [0.05, 0.1) is 19.6 Å². The molecule has 0 radical (unpaired) electrons. The molecule has 0 aliphatic carbocycles. The maximum Gasteiger partial charge on any atom is 0.227 e. The molecule has 5 heteroatoms. The minimum atomic E-state index is -0.209. The highest BCUT2D eigenvalue weighted by Gasteiger charge is 2.26. The van der Waals surface area contributed by atoms with E-state index in [-0.39, 0.29) is 11.8 Å². The van der Waals surface area contributed by atoms with Gasteiger partial charge < -0.3 is 19.5 Å². The van der Waals surface area contributed by atoms with Crippen LogP contribution in [0, 0.1) is 5.92 Å². The van der Waals surface area contributed by atoms with Gasteiger partial charge >= 0.3 is 0 Å². The highest BCUT2D eigenvalue weighted by molar-refractivity contribution is 5.79. The Kier molecular flexibility index (Phi) is 5.43. The van der Waals surface area contributed by atoms with E-state index >= 15 is 0 Å². The summed E-state index contributed by atoms with van der Waals surface area (Å²) in [7, 11) is 1.63. The van der Waals surface area contributed by atoms with Crippen molar-refractivity contribution in [2.24, 2.45) is 5.92 Å². The molecule has 1 N–H and O–H groups in total. The maximum absolute atomic E-state index is 12.5. The number of hydrogen-bond acceptors (Lipinski definition) is 4. The Balaban J connectivity index is 1.62. The second-order valence-corrected chi connectivity index (χ2v) is 5.94. The van der Waals surface area contributed by atoms with Gasteiger partial charge in [-0.2, -0.15) is 0 Å². The van der Waals surface area contributed by atoms with Gasteiger partial charge in [0.15, 0.2) is 0 Å². The second kappa shape index (κ2) is 7.92. The van der Waals surface area contributed by atoms with Crippen molar-refractivity contribution >= 4 is 5.91 Å². The molecule has 0 spiro atoms. The standard InChI is InChI=1S/C20H23NO4/c1-3-24-18-7-5-4-6-14(18)12-21-20(22)16-10-15-11-17(23-2)8-9-19(15)25-13-16/h4-9,11,16H,3,10,12-13H2,1-2H3,(H,21,22)/t16-/m1/s1. The van der Waals surface area contributed by atoms with Gasteiger partial charge in [0.2, 0.25) is 5.91 Å². The van der Waals surface area contributed by atoms with Crippen molar-refractivity contribution in [1.82, 2.24) is 5.32 Å². The quantitative estimate of drug-likeness (QED) is 0.878. The third-order valence-corrected chi connectivity index (χ3v) is 4.27.